The Morgan fingerprint density at radius 2 is 2.00 bits per heavy atom. The van der Waals surface area contributed by atoms with Crippen LogP contribution in [0.2, 0.25) is 5.02 Å². The van der Waals surface area contributed by atoms with Gasteiger partial charge in [0.15, 0.2) is 0 Å². The molecule has 0 saturated carbocycles. The molecule has 0 aliphatic heterocycles. The van der Waals surface area contributed by atoms with E-state index < -0.39 is 11.9 Å². The van der Waals surface area contributed by atoms with Crippen molar-refractivity contribution in [1.82, 2.24) is 5.32 Å². The summed E-state index contributed by atoms with van der Waals surface area (Å²) in [4.78, 5) is 11.8. The third-order valence-corrected chi connectivity index (χ3v) is 3.25. The van der Waals surface area contributed by atoms with Gasteiger partial charge in [0.2, 0.25) is 5.91 Å². The zero-order valence-electron chi connectivity index (χ0n) is 11.2. The van der Waals surface area contributed by atoms with Gasteiger partial charge in [0.05, 0.1) is 12.5 Å². The van der Waals surface area contributed by atoms with Crippen molar-refractivity contribution in [2.45, 2.75) is 12.5 Å². The molecule has 1 atom stereocenters. The Kier molecular flexibility index (Phi) is 5.31. The fourth-order valence-electron chi connectivity index (χ4n) is 1.96. The van der Waals surface area contributed by atoms with Crippen molar-refractivity contribution in [2.75, 3.05) is 6.54 Å². The number of nitrogens with one attached hydrogen (secondary N) is 1. The smallest absolute Gasteiger partial charge is 0.224 e. The molecule has 2 rings (SSSR count). The molecule has 0 radical (unpaired) electrons. The Balaban J connectivity index is 1.88. The number of benzene rings is 2. The molecule has 0 aromatic heterocycles. The standard InChI is InChI=1S/C16H15ClFNO2/c17-12-5-3-4-11(8-12)9-16(21)19-10-15(20)13-6-1-2-7-14(13)18/h1-8,15,20H,9-10H2,(H,19,21)/t15-/m0/s1. The molecule has 2 aromatic rings. The molecular weight excluding hydrogens is 293 g/mol. The second-order valence-corrected chi connectivity index (χ2v) is 5.08. The van der Waals surface area contributed by atoms with Crippen molar-refractivity contribution in [3.63, 3.8) is 0 Å². The minimum Gasteiger partial charge on any atom is -0.386 e. The molecule has 2 aromatic carbocycles. The third-order valence-electron chi connectivity index (χ3n) is 3.01. The van der Waals surface area contributed by atoms with Gasteiger partial charge >= 0.3 is 0 Å². The van der Waals surface area contributed by atoms with Crippen LogP contribution in [0.25, 0.3) is 0 Å². The van der Waals surface area contributed by atoms with Gasteiger partial charge in [-0.25, -0.2) is 4.39 Å². The van der Waals surface area contributed by atoms with Gasteiger partial charge in [0.1, 0.15) is 5.82 Å². The monoisotopic (exact) mass is 307 g/mol. The van der Waals surface area contributed by atoms with E-state index in [1.165, 1.54) is 12.1 Å². The largest absolute Gasteiger partial charge is 0.386 e. The summed E-state index contributed by atoms with van der Waals surface area (Å²) in [6.45, 7) is -0.0413. The zero-order valence-corrected chi connectivity index (χ0v) is 12.0. The van der Waals surface area contributed by atoms with Gasteiger partial charge in [-0.05, 0) is 23.8 Å². The summed E-state index contributed by atoms with van der Waals surface area (Å²) in [5.74, 6) is -0.748. The first-order chi connectivity index (χ1) is 10.1. The van der Waals surface area contributed by atoms with Crippen LogP contribution < -0.4 is 5.32 Å². The van der Waals surface area contributed by atoms with E-state index in [-0.39, 0.29) is 24.4 Å². The average molecular weight is 308 g/mol. The van der Waals surface area contributed by atoms with E-state index in [1.807, 2.05) is 0 Å². The predicted octanol–water partition coefficient (Wildman–Crippen LogP) is 2.87. The Bertz CT molecular complexity index is 633. The van der Waals surface area contributed by atoms with Gasteiger partial charge in [-0.1, -0.05) is 41.9 Å². The van der Waals surface area contributed by atoms with Crippen LogP contribution in [0.3, 0.4) is 0 Å². The lowest BCUT2D eigenvalue weighted by atomic mass is 10.1. The van der Waals surface area contributed by atoms with Gasteiger partial charge in [-0.2, -0.15) is 0 Å². The topological polar surface area (TPSA) is 49.3 Å². The number of rotatable bonds is 5. The number of carbonyl (C=O) groups excluding carboxylic acids is 1. The first-order valence-electron chi connectivity index (χ1n) is 6.50. The van der Waals surface area contributed by atoms with Crippen molar-refractivity contribution in [3.05, 3.63) is 70.5 Å². The summed E-state index contributed by atoms with van der Waals surface area (Å²) in [6.07, 6.45) is -0.917. The van der Waals surface area contributed by atoms with Gasteiger partial charge < -0.3 is 10.4 Å². The maximum absolute atomic E-state index is 13.5. The molecule has 0 aliphatic rings. The van der Waals surface area contributed by atoms with Gasteiger partial charge in [0.25, 0.3) is 0 Å². The highest BCUT2D eigenvalue weighted by Crippen LogP contribution is 2.16. The highest BCUT2D eigenvalue weighted by molar-refractivity contribution is 6.30. The molecule has 1 amide bonds. The summed E-state index contributed by atoms with van der Waals surface area (Å²) in [7, 11) is 0. The van der Waals surface area contributed by atoms with Crippen molar-refractivity contribution in [3.8, 4) is 0 Å². The zero-order chi connectivity index (χ0) is 15.2. The van der Waals surface area contributed by atoms with E-state index in [2.05, 4.69) is 5.32 Å². The lowest BCUT2D eigenvalue weighted by molar-refractivity contribution is -0.120. The lowest BCUT2D eigenvalue weighted by Gasteiger charge is -2.13. The molecule has 5 heteroatoms. The highest BCUT2D eigenvalue weighted by atomic mass is 35.5. The number of halogens is 2. The van der Waals surface area contributed by atoms with Crippen molar-refractivity contribution >= 4 is 17.5 Å². The second kappa shape index (κ2) is 7.20. The van der Waals surface area contributed by atoms with Crippen molar-refractivity contribution in [2.24, 2.45) is 0 Å². The molecular formula is C16H15ClFNO2. The van der Waals surface area contributed by atoms with Gasteiger partial charge in [-0.3, -0.25) is 4.79 Å². The van der Waals surface area contributed by atoms with E-state index in [0.29, 0.717) is 5.02 Å². The van der Waals surface area contributed by atoms with Gasteiger partial charge in [0, 0.05) is 17.1 Å². The van der Waals surface area contributed by atoms with E-state index in [4.69, 9.17) is 11.6 Å². The van der Waals surface area contributed by atoms with Crippen LogP contribution >= 0.6 is 11.6 Å². The Labute approximate surface area is 127 Å². The number of hydrogen-bond donors (Lipinski definition) is 2. The predicted molar refractivity (Wildman–Crippen MR) is 79.5 cm³/mol. The quantitative estimate of drug-likeness (QED) is 0.892. The molecule has 0 saturated heterocycles. The minimum atomic E-state index is -1.07. The Hall–Kier alpha value is -1.91. The molecule has 0 spiro atoms. The second-order valence-electron chi connectivity index (χ2n) is 4.65. The highest BCUT2D eigenvalue weighted by Gasteiger charge is 2.13. The maximum atomic E-state index is 13.5. The molecule has 0 aliphatic carbocycles. The van der Waals surface area contributed by atoms with Crippen LogP contribution in [0, 0.1) is 5.82 Å². The maximum Gasteiger partial charge on any atom is 0.224 e. The fourth-order valence-corrected chi connectivity index (χ4v) is 2.17. The van der Waals surface area contributed by atoms with E-state index >= 15 is 0 Å². The first-order valence-corrected chi connectivity index (χ1v) is 6.87. The van der Waals surface area contributed by atoms with Gasteiger partial charge in [-0.15, -0.1) is 0 Å². The molecule has 0 unspecified atom stereocenters. The first kappa shape index (κ1) is 15.5. The summed E-state index contributed by atoms with van der Waals surface area (Å²) >= 11 is 5.84. The van der Waals surface area contributed by atoms with E-state index in [1.54, 1.807) is 36.4 Å². The van der Waals surface area contributed by atoms with Crippen LogP contribution in [-0.2, 0) is 11.2 Å². The number of carbonyl (C=O) groups is 1. The Morgan fingerprint density at radius 1 is 1.24 bits per heavy atom. The SMILES string of the molecule is O=C(Cc1cccc(Cl)c1)NC[C@H](O)c1ccccc1F. The molecule has 0 fully saturated rings. The molecule has 21 heavy (non-hydrogen) atoms. The average Bonchev–Trinajstić information content (AvgIpc) is 2.45. The van der Waals surface area contributed by atoms with Crippen LogP contribution in [-0.4, -0.2) is 17.6 Å². The summed E-state index contributed by atoms with van der Waals surface area (Å²) < 4.78 is 13.5. The lowest BCUT2D eigenvalue weighted by Crippen LogP contribution is -2.29. The third kappa shape index (κ3) is 4.55. The van der Waals surface area contributed by atoms with Crippen LogP contribution in [0.1, 0.15) is 17.2 Å². The normalized spacial score (nSPS) is 12.0. The molecule has 0 heterocycles. The number of amides is 1. The van der Waals surface area contributed by atoms with Crippen molar-refractivity contribution in [1.29, 1.82) is 0 Å². The van der Waals surface area contributed by atoms with Crippen molar-refractivity contribution < 1.29 is 14.3 Å². The van der Waals surface area contributed by atoms with E-state index in [0.717, 1.165) is 5.56 Å². The number of hydrogen-bond acceptors (Lipinski definition) is 2. The molecule has 3 nitrogen and oxygen atoms in total. The van der Waals surface area contributed by atoms with Crippen LogP contribution in [0.15, 0.2) is 48.5 Å². The summed E-state index contributed by atoms with van der Waals surface area (Å²) in [6, 6.07) is 12.9. The van der Waals surface area contributed by atoms with Crippen LogP contribution in [0.4, 0.5) is 4.39 Å². The fraction of sp³-hybridized carbons (Fsp3) is 0.188. The number of aliphatic hydroxyl groups excluding tert-OH is 1. The number of aliphatic hydroxyl groups is 1. The summed E-state index contributed by atoms with van der Waals surface area (Å²) in [5, 5.41) is 13.0. The minimum absolute atomic E-state index is 0.0413. The molecule has 2 N–H and O–H groups in total. The summed E-state index contributed by atoms with van der Waals surface area (Å²) in [5.41, 5.74) is 0.945. The van der Waals surface area contributed by atoms with E-state index in [9.17, 15) is 14.3 Å². The molecule has 110 valence electrons. The van der Waals surface area contributed by atoms with Crippen LogP contribution in [0.5, 0.6) is 0 Å². The Morgan fingerprint density at radius 3 is 2.71 bits per heavy atom. The molecule has 0 bridgehead atoms.